The van der Waals surface area contributed by atoms with Gasteiger partial charge in [0.05, 0.1) is 18.8 Å². The molecule has 2 unspecified atom stereocenters. The molecule has 1 aliphatic carbocycles. The summed E-state index contributed by atoms with van der Waals surface area (Å²) in [4.78, 5) is 10.1. The van der Waals surface area contributed by atoms with Gasteiger partial charge in [0, 0.05) is 0 Å². The standard InChI is InChI=1S/C8H13NO2/c10-5-9-7-3-8(11-4-7)6-1-2-6/h5-8H,1-4H2,(H,9,10). The highest BCUT2D eigenvalue weighted by molar-refractivity contribution is 5.46. The first-order valence-corrected chi connectivity index (χ1v) is 4.21. The second-order valence-corrected chi connectivity index (χ2v) is 3.43. The summed E-state index contributed by atoms with van der Waals surface area (Å²) in [6.45, 7) is 0.708. The third kappa shape index (κ3) is 1.53. The van der Waals surface area contributed by atoms with Gasteiger partial charge in [0.1, 0.15) is 0 Å². The predicted octanol–water partition coefficient (Wildman–Crippen LogP) is 0.300. The summed E-state index contributed by atoms with van der Waals surface area (Å²) < 4.78 is 5.52. The Morgan fingerprint density at radius 2 is 2.27 bits per heavy atom. The molecule has 0 aromatic heterocycles. The topological polar surface area (TPSA) is 38.3 Å². The molecule has 1 saturated heterocycles. The smallest absolute Gasteiger partial charge is 0.207 e. The van der Waals surface area contributed by atoms with E-state index in [1.165, 1.54) is 12.8 Å². The average Bonchev–Trinajstić information content (AvgIpc) is 2.75. The molecule has 1 saturated carbocycles. The van der Waals surface area contributed by atoms with Crippen molar-refractivity contribution < 1.29 is 9.53 Å². The molecule has 1 N–H and O–H groups in total. The number of ether oxygens (including phenoxy) is 1. The van der Waals surface area contributed by atoms with E-state index in [2.05, 4.69) is 5.32 Å². The number of amides is 1. The van der Waals surface area contributed by atoms with Gasteiger partial charge in [-0.25, -0.2) is 0 Å². The molecule has 1 heterocycles. The fourth-order valence-electron chi connectivity index (χ4n) is 1.67. The van der Waals surface area contributed by atoms with Gasteiger partial charge in [-0.1, -0.05) is 0 Å². The lowest BCUT2D eigenvalue weighted by molar-refractivity contribution is -0.110. The molecule has 11 heavy (non-hydrogen) atoms. The SMILES string of the molecule is O=CNC1COC(C2CC2)C1. The molecule has 2 rings (SSSR count). The Bertz CT molecular complexity index is 156. The lowest BCUT2D eigenvalue weighted by Crippen LogP contribution is -2.27. The van der Waals surface area contributed by atoms with Crippen molar-refractivity contribution in [2.24, 2.45) is 5.92 Å². The van der Waals surface area contributed by atoms with Crippen molar-refractivity contribution in [3.05, 3.63) is 0 Å². The van der Waals surface area contributed by atoms with Crippen LogP contribution in [0.3, 0.4) is 0 Å². The Morgan fingerprint density at radius 3 is 2.91 bits per heavy atom. The van der Waals surface area contributed by atoms with Crippen LogP contribution in [-0.4, -0.2) is 25.2 Å². The van der Waals surface area contributed by atoms with Crippen molar-refractivity contribution in [1.29, 1.82) is 0 Å². The molecule has 1 amide bonds. The van der Waals surface area contributed by atoms with Crippen LogP contribution in [0, 0.1) is 5.92 Å². The highest BCUT2D eigenvalue weighted by Crippen LogP contribution is 2.38. The molecule has 0 radical (unpaired) electrons. The minimum absolute atomic E-state index is 0.276. The Kier molecular flexibility index (Phi) is 1.82. The third-order valence-corrected chi connectivity index (χ3v) is 2.48. The molecule has 0 aromatic rings. The van der Waals surface area contributed by atoms with Crippen molar-refractivity contribution >= 4 is 6.41 Å². The maximum Gasteiger partial charge on any atom is 0.207 e. The fraction of sp³-hybridized carbons (Fsp3) is 0.875. The van der Waals surface area contributed by atoms with Crippen LogP contribution in [0.15, 0.2) is 0 Å². The van der Waals surface area contributed by atoms with E-state index in [0.717, 1.165) is 18.7 Å². The molecule has 3 nitrogen and oxygen atoms in total. The molecule has 2 atom stereocenters. The van der Waals surface area contributed by atoms with Crippen molar-refractivity contribution in [2.75, 3.05) is 6.61 Å². The van der Waals surface area contributed by atoms with Crippen molar-refractivity contribution in [1.82, 2.24) is 5.32 Å². The van der Waals surface area contributed by atoms with Gasteiger partial charge in [-0.15, -0.1) is 0 Å². The summed E-state index contributed by atoms with van der Waals surface area (Å²) in [5.41, 5.74) is 0. The molecule has 62 valence electrons. The molecule has 0 aromatic carbocycles. The molecular weight excluding hydrogens is 142 g/mol. The van der Waals surface area contributed by atoms with Crippen LogP contribution in [0.1, 0.15) is 19.3 Å². The summed E-state index contributed by atoms with van der Waals surface area (Å²) >= 11 is 0. The van der Waals surface area contributed by atoms with Gasteiger partial charge in [-0.05, 0) is 25.2 Å². The largest absolute Gasteiger partial charge is 0.376 e. The molecule has 3 heteroatoms. The van der Waals surface area contributed by atoms with Gasteiger partial charge in [-0.3, -0.25) is 4.79 Å². The van der Waals surface area contributed by atoms with Gasteiger partial charge >= 0.3 is 0 Å². The van der Waals surface area contributed by atoms with E-state index in [1.54, 1.807) is 0 Å². The zero-order valence-corrected chi connectivity index (χ0v) is 6.45. The zero-order valence-electron chi connectivity index (χ0n) is 6.45. The van der Waals surface area contributed by atoms with Crippen LogP contribution in [0.2, 0.25) is 0 Å². The fourth-order valence-corrected chi connectivity index (χ4v) is 1.67. The second kappa shape index (κ2) is 2.81. The summed E-state index contributed by atoms with van der Waals surface area (Å²) in [5, 5.41) is 2.75. The quantitative estimate of drug-likeness (QED) is 0.595. The number of carbonyl (C=O) groups excluding carboxylic acids is 1. The first kappa shape index (κ1) is 7.10. The van der Waals surface area contributed by atoms with E-state index in [-0.39, 0.29) is 6.04 Å². The Morgan fingerprint density at radius 1 is 1.45 bits per heavy atom. The van der Waals surface area contributed by atoms with Crippen molar-refractivity contribution in [3.63, 3.8) is 0 Å². The van der Waals surface area contributed by atoms with Gasteiger partial charge in [0.15, 0.2) is 0 Å². The number of carbonyl (C=O) groups is 1. The number of rotatable bonds is 3. The Labute approximate surface area is 66.1 Å². The Hall–Kier alpha value is -0.570. The lowest BCUT2D eigenvalue weighted by atomic mass is 10.1. The third-order valence-electron chi connectivity index (χ3n) is 2.48. The van der Waals surface area contributed by atoms with Crippen LogP contribution >= 0.6 is 0 Å². The van der Waals surface area contributed by atoms with E-state index in [4.69, 9.17) is 4.74 Å². The highest BCUT2D eigenvalue weighted by atomic mass is 16.5. The highest BCUT2D eigenvalue weighted by Gasteiger charge is 2.37. The molecule has 1 aliphatic heterocycles. The Balaban J connectivity index is 1.78. The van der Waals surface area contributed by atoms with Crippen LogP contribution in [-0.2, 0) is 9.53 Å². The maximum absolute atomic E-state index is 10.1. The molecule has 0 bridgehead atoms. The van der Waals surface area contributed by atoms with Crippen molar-refractivity contribution in [2.45, 2.75) is 31.4 Å². The van der Waals surface area contributed by atoms with E-state index >= 15 is 0 Å². The number of hydrogen-bond donors (Lipinski definition) is 1. The van der Waals surface area contributed by atoms with Crippen LogP contribution in [0.4, 0.5) is 0 Å². The van der Waals surface area contributed by atoms with E-state index in [1.807, 2.05) is 0 Å². The molecule has 2 fully saturated rings. The van der Waals surface area contributed by atoms with Gasteiger partial charge < -0.3 is 10.1 Å². The maximum atomic E-state index is 10.1. The lowest BCUT2D eigenvalue weighted by Gasteiger charge is -2.05. The van der Waals surface area contributed by atoms with E-state index in [9.17, 15) is 4.79 Å². The second-order valence-electron chi connectivity index (χ2n) is 3.43. The zero-order chi connectivity index (χ0) is 7.68. The van der Waals surface area contributed by atoms with Crippen molar-refractivity contribution in [3.8, 4) is 0 Å². The summed E-state index contributed by atoms with van der Waals surface area (Å²) in [6.07, 6.45) is 4.86. The van der Waals surface area contributed by atoms with E-state index in [0.29, 0.717) is 12.7 Å². The van der Waals surface area contributed by atoms with E-state index < -0.39 is 0 Å². The van der Waals surface area contributed by atoms with Gasteiger partial charge in [0.25, 0.3) is 0 Å². The molecule has 0 spiro atoms. The van der Waals surface area contributed by atoms with Crippen LogP contribution in [0.5, 0.6) is 0 Å². The number of nitrogens with one attached hydrogen (secondary N) is 1. The van der Waals surface area contributed by atoms with Gasteiger partial charge in [0.2, 0.25) is 6.41 Å². The van der Waals surface area contributed by atoms with Gasteiger partial charge in [-0.2, -0.15) is 0 Å². The predicted molar refractivity (Wildman–Crippen MR) is 40.1 cm³/mol. The first-order chi connectivity index (χ1) is 5.40. The molecule has 2 aliphatic rings. The average molecular weight is 155 g/mol. The minimum Gasteiger partial charge on any atom is -0.376 e. The minimum atomic E-state index is 0.276. The summed E-state index contributed by atoms with van der Waals surface area (Å²) in [7, 11) is 0. The monoisotopic (exact) mass is 155 g/mol. The number of hydrogen-bond acceptors (Lipinski definition) is 2. The van der Waals surface area contributed by atoms with Crippen LogP contribution in [0.25, 0.3) is 0 Å². The summed E-state index contributed by atoms with van der Waals surface area (Å²) in [5.74, 6) is 0.799. The van der Waals surface area contributed by atoms with Crippen LogP contribution < -0.4 is 5.32 Å². The summed E-state index contributed by atoms with van der Waals surface area (Å²) in [6, 6.07) is 0.276. The molecular formula is C8H13NO2. The normalized spacial score (nSPS) is 37.1. The first-order valence-electron chi connectivity index (χ1n) is 4.21.